The average molecular weight is 386 g/mol. The molecule has 1 aliphatic heterocycles. The van der Waals surface area contributed by atoms with Gasteiger partial charge in [-0.25, -0.2) is 22.3 Å². The van der Waals surface area contributed by atoms with Crippen molar-refractivity contribution in [2.24, 2.45) is 5.92 Å². The van der Waals surface area contributed by atoms with Crippen LogP contribution in [0.25, 0.3) is 0 Å². The highest BCUT2D eigenvalue weighted by atomic mass is 32.2. The van der Waals surface area contributed by atoms with Crippen LogP contribution in [0.5, 0.6) is 0 Å². The molecular formula is C18H27FN2O4S. The topological polar surface area (TPSA) is 75.7 Å². The molecule has 0 radical (unpaired) electrons. The lowest BCUT2D eigenvalue weighted by atomic mass is 9.99. The lowest BCUT2D eigenvalue weighted by Gasteiger charge is -2.34. The van der Waals surface area contributed by atoms with Crippen molar-refractivity contribution in [2.75, 3.05) is 19.6 Å². The van der Waals surface area contributed by atoms with Crippen LogP contribution in [-0.4, -0.2) is 44.6 Å². The molecule has 0 spiro atoms. The number of amides is 1. The highest BCUT2D eigenvalue weighted by molar-refractivity contribution is 7.88. The van der Waals surface area contributed by atoms with E-state index in [-0.39, 0.29) is 24.1 Å². The molecule has 6 nitrogen and oxygen atoms in total. The average Bonchev–Trinajstić information content (AvgIpc) is 2.54. The molecule has 1 aromatic rings. The minimum atomic E-state index is -3.65. The molecular weight excluding hydrogens is 359 g/mol. The van der Waals surface area contributed by atoms with Gasteiger partial charge in [-0.05, 0) is 45.6 Å². The van der Waals surface area contributed by atoms with Crippen LogP contribution in [0.15, 0.2) is 24.3 Å². The number of rotatable bonds is 5. The molecule has 1 atom stereocenters. The third-order valence-electron chi connectivity index (χ3n) is 4.07. The fourth-order valence-electron chi connectivity index (χ4n) is 2.84. The first-order chi connectivity index (χ1) is 12.1. The predicted molar refractivity (Wildman–Crippen MR) is 97.6 cm³/mol. The number of likely N-dealkylation sites (tertiary alicyclic amines) is 1. The van der Waals surface area contributed by atoms with E-state index in [2.05, 4.69) is 4.72 Å². The number of nitrogens with zero attached hydrogens (tertiary/aromatic N) is 1. The Balaban J connectivity index is 1.88. The standard InChI is InChI=1S/C18H27FN2O4S/c1-18(2,3)25-17(22)21-10-6-7-14(12-21)11-20-26(23,24)13-15-8-4-5-9-16(15)19/h4-5,8-9,14,20H,6-7,10-13H2,1-3H3. The second-order valence-electron chi connectivity index (χ2n) is 7.63. The molecule has 1 aromatic carbocycles. The third kappa shape index (κ3) is 6.57. The van der Waals surface area contributed by atoms with Crippen LogP contribution in [0.4, 0.5) is 9.18 Å². The van der Waals surface area contributed by atoms with Crippen molar-refractivity contribution in [3.63, 3.8) is 0 Å². The minimum absolute atomic E-state index is 0.00617. The summed E-state index contributed by atoms with van der Waals surface area (Å²) in [6, 6.07) is 5.82. The van der Waals surface area contributed by atoms with Crippen molar-refractivity contribution in [2.45, 2.75) is 45.0 Å². The molecule has 1 heterocycles. The van der Waals surface area contributed by atoms with E-state index in [1.807, 2.05) is 20.8 Å². The van der Waals surface area contributed by atoms with Gasteiger partial charge in [-0.1, -0.05) is 18.2 Å². The maximum atomic E-state index is 13.6. The van der Waals surface area contributed by atoms with Crippen molar-refractivity contribution < 1.29 is 22.3 Å². The van der Waals surface area contributed by atoms with E-state index in [1.54, 1.807) is 11.0 Å². The van der Waals surface area contributed by atoms with E-state index < -0.39 is 27.2 Å². The molecule has 2 rings (SSSR count). The van der Waals surface area contributed by atoms with Gasteiger partial charge in [-0.3, -0.25) is 0 Å². The number of halogens is 1. The largest absolute Gasteiger partial charge is 0.444 e. The van der Waals surface area contributed by atoms with Gasteiger partial charge in [0.25, 0.3) is 0 Å². The fourth-order valence-corrected chi connectivity index (χ4v) is 4.08. The van der Waals surface area contributed by atoms with Gasteiger partial charge >= 0.3 is 6.09 Å². The number of nitrogens with one attached hydrogen (secondary N) is 1. The van der Waals surface area contributed by atoms with E-state index in [1.165, 1.54) is 18.2 Å². The van der Waals surface area contributed by atoms with Crippen LogP contribution in [-0.2, 0) is 20.5 Å². The van der Waals surface area contributed by atoms with Gasteiger partial charge in [0.05, 0.1) is 5.75 Å². The zero-order valence-electron chi connectivity index (χ0n) is 15.5. The number of benzene rings is 1. The van der Waals surface area contributed by atoms with Crippen LogP contribution in [0, 0.1) is 11.7 Å². The Morgan fingerprint density at radius 2 is 2.04 bits per heavy atom. The zero-order valence-corrected chi connectivity index (χ0v) is 16.3. The fraction of sp³-hybridized carbons (Fsp3) is 0.611. The molecule has 26 heavy (non-hydrogen) atoms. The molecule has 0 aromatic heterocycles. The summed E-state index contributed by atoms with van der Waals surface area (Å²) in [6.07, 6.45) is 1.23. The summed E-state index contributed by atoms with van der Waals surface area (Å²) in [7, 11) is -3.65. The number of piperidine rings is 1. The van der Waals surface area contributed by atoms with Crippen molar-refractivity contribution >= 4 is 16.1 Å². The first-order valence-corrected chi connectivity index (χ1v) is 10.4. The van der Waals surface area contributed by atoms with Gasteiger partial charge in [0, 0.05) is 25.2 Å². The maximum absolute atomic E-state index is 13.6. The number of hydrogen-bond donors (Lipinski definition) is 1. The van der Waals surface area contributed by atoms with Crippen LogP contribution in [0.1, 0.15) is 39.2 Å². The Hall–Kier alpha value is -1.67. The first-order valence-electron chi connectivity index (χ1n) is 8.74. The molecule has 1 saturated heterocycles. The molecule has 1 fully saturated rings. The Morgan fingerprint density at radius 1 is 1.35 bits per heavy atom. The normalized spacial score (nSPS) is 18.6. The first kappa shape index (κ1) is 20.6. The summed E-state index contributed by atoms with van der Waals surface area (Å²) in [5.74, 6) is -0.930. The summed E-state index contributed by atoms with van der Waals surface area (Å²) in [5, 5.41) is 0. The molecule has 0 bridgehead atoms. The second-order valence-corrected chi connectivity index (χ2v) is 9.44. The van der Waals surface area contributed by atoms with Gasteiger partial charge in [0.15, 0.2) is 0 Å². The van der Waals surface area contributed by atoms with Crippen LogP contribution < -0.4 is 4.72 Å². The molecule has 1 unspecified atom stereocenters. The van der Waals surface area contributed by atoms with E-state index in [0.29, 0.717) is 13.1 Å². The molecule has 1 aliphatic rings. The van der Waals surface area contributed by atoms with Crippen LogP contribution >= 0.6 is 0 Å². The predicted octanol–water partition coefficient (Wildman–Crippen LogP) is 2.89. The number of hydrogen-bond acceptors (Lipinski definition) is 4. The van der Waals surface area contributed by atoms with E-state index in [9.17, 15) is 17.6 Å². The lowest BCUT2D eigenvalue weighted by Crippen LogP contribution is -2.45. The summed E-state index contributed by atoms with van der Waals surface area (Å²) < 4.78 is 46.0. The number of ether oxygens (including phenoxy) is 1. The van der Waals surface area contributed by atoms with E-state index in [4.69, 9.17) is 4.74 Å². The van der Waals surface area contributed by atoms with Crippen molar-refractivity contribution in [3.05, 3.63) is 35.6 Å². The number of carbonyl (C=O) groups excluding carboxylic acids is 1. The van der Waals surface area contributed by atoms with Gasteiger partial charge in [-0.2, -0.15) is 0 Å². The summed E-state index contributed by atoms with van der Waals surface area (Å²) in [5.41, 5.74) is -0.426. The summed E-state index contributed by atoms with van der Waals surface area (Å²) in [6.45, 7) is 6.69. The zero-order chi connectivity index (χ0) is 19.4. The number of sulfonamides is 1. The Bertz CT molecular complexity index is 731. The molecule has 8 heteroatoms. The number of carbonyl (C=O) groups is 1. The van der Waals surface area contributed by atoms with Crippen molar-refractivity contribution in [3.8, 4) is 0 Å². The molecule has 1 N–H and O–H groups in total. The van der Waals surface area contributed by atoms with Gasteiger partial charge < -0.3 is 9.64 Å². The SMILES string of the molecule is CC(C)(C)OC(=O)N1CCCC(CNS(=O)(=O)Cc2ccccc2F)C1. The molecule has 0 saturated carbocycles. The molecule has 0 aliphatic carbocycles. The third-order valence-corrected chi connectivity index (χ3v) is 5.36. The highest BCUT2D eigenvalue weighted by Gasteiger charge is 2.28. The van der Waals surface area contributed by atoms with Gasteiger partial charge in [-0.15, -0.1) is 0 Å². The van der Waals surface area contributed by atoms with Crippen LogP contribution in [0.3, 0.4) is 0 Å². The minimum Gasteiger partial charge on any atom is -0.444 e. The molecule has 146 valence electrons. The van der Waals surface area contributed by atoms with Crippen molar-refractivity contribution in [1.29, 1.82) is 0 Å². The Kier molecular flexibility index (Phi) is 6.63. The monoisotopic (exact) mass is 386 g/mol. The Labute approximate surface area is 154 Å². The van der Waals surface area contributed by atoms with Gasteiger partial charge in [0.2, 0.25) is 10.0 Å². The van der Waals surface area contributed by atoms with Crippen molar-refractivity contribution in [1.82, 2.24) is 9.62 Å². The van der Waals surface area contributed by atoms with E-state index in [0.717, 1.165) is 12.8 Å². The van der Waals surface area contributed by atoms with Crippen LogP contribution in [0.2, 0.25) is 0 Å². The smallest absolute Gasteiger partial charge is 0.410 e. The summed E-state index contributed by atoms with van der Waals surface area (Å²) in [4.78, 5) is 13.8. The van der Waals surface area contributed by atoms with Gasteiger partial charge in [0.1, 0.15) is 11.4 Å². The highest BCUT2D eigenvalue weighted by Crippen LogP contribution is 2.19. The van der Waals surface area contributed by atoms with E-state index >= 15 is 0 Å². The quantitative estimate of drug-likeness (QED) is 0.844. The second kappa shape index (κ2) is 8.35. The maximum Gasteiger partial charge on any atom is 0.410 e. The lowest BCUT2D eigenvalue weighted by molar-refractivity contribution is 0.0169. The molecule has 1 amide bonds. The summed E-state index contributed by atoms with van der Waals surface area (Å²) >= 11 is 0. The Morgan fingerprint density at radius 3 is 2.69 bits per heavy atom.